The maximum atomic E-state index is 12.0. The summed E-state index contributed by atoms with van der Waals surface area (Å²) in [5.41, 5.74) is 0.457. The third kappa shape index (κ3) is 2.70. The molecule has 0 spiro atoms. The van der Waals surface area contributed by atoms with Crippen LogP contribution in [0.25, 0.3) is 10.9 Å². The van der Waals surface area contributed by atoms with Crippen molar-refractivity contribution in [1.29, 1.82) is 0 Å². The molecule has 17 heavy (non-hydrogen) atoms. The molecule has 87 valence electrons. The van der Waals surface area contributed by atoms with Gasteiger partial charge in [0.1, 0.15) is 0 Å². The van der Waals surface area contributed by atoms with Crippen molar-refractivity contribution in [1.82, 2.24) is 4.57 Å². The molecular formula is C13H14NO2Pb. The predicted molar refractivity (Wildman–Crippen MR) is 69.0 cm³/mol. The SMILES string of the molecule is CC(C)(C)OC(=O)n1ccc2[c]([Pb])cccc21. The van der Waals surface area contributed by atoms with E-state index in [1.165, 1.54) is 3.12 Å². The molecule has 0 atom stereocenters. The van der Waals surface area contributed by atoms with Gasteiger partial charge in [0.2, 0.25) is 0 Å². The van der Waals surface area contributed by atoms with Crippen molar-refractivity contribution in [2.24, 2.45) is 0 Å². The number of benzene rings is 1. The van der Waals surface area contributed by atoms with Crippen molar-refractivity contribution < 1.29 is 9.53 Å². The third-order valence-corrected chi connectivity index (χ3v) is 4.02. The molecule has 0 unspecified atom stereocenters. The maximum absolute atomic E-state index is 12.0. The second-order valence-corrected chi connectivity index (χ2v) is 7.00. The van der Waals surface area contributed by atoms with Gasteiger partial charge in [-0.2, -0.15) is 0 Å². The molecule has 0 fully saturated rings. The van der Waals surface area contributed by atoms with Gasteiger partial charge in [0.05, 0.1) is 0 Å². The van der Waals surface area contributed by atoms with E-state index in [9.17, 15) is 4.79 Å². The summed E-state index contributed by atoms with van der Waals surface area (Å²) >= 11 is 0.973. The molecule has 0 aliphatic carbocycles. The average Bonchev–Trinajstić information content (AvgIpc) is 2.60. The van der Waals surface area contributed by atoms with E-state index in [1.807, 2.05) is 39.0 Å². The molecular weight excluding hydrogens is 409 g/mol. The van der Waals surface area contributed by atoms with E-state index >= 15 is 0 Å². The zero-order chi connectivity index (χ0) is 12.6. The molecule has 0 aliphatic rings. The van der Waals surface area contributed by atoms with Crippen molar-refractivity contribution in [2.45, 2.75) is 26.4 Å². The number of hydrogen-bond donors (Lipinski definition) is 0. The van der Waals surface area contributed by atoms with E-state index in [2.05, 4.69) is 6.07 Å². The van der Waals surface area contributed by atoms with Crippen LogP contribution in [-0.4, -0.2) is 42.0 Å². The molecule has 0 amide bonds. The van der Waals surface area contributed by atoms with E-state index in [0.29, 0.717) is 0 Å². The molecule has 2 aromatic rings. The minimum absolute atomic E-state index is 0.320. The first-order valence-electron chi connectivity index (χ1n) is 5.43. The van der Waals surface area contributed by atoms with Crippen molar-refractivity contribution in [2.75, 3.05) is 0 Å². The number of carbonyl (C=O) groups is 1. The second kappa shape index (κ2) is 4.44. The van der Waals surface area contributed by atoms with Gasteiger partial charge < -0.3 is 0 Å². The first kappa shape index (κ1) is 12.6. The number of fused-ring (bicyclic) bond motifs is 1. The summed E-state index contributed by atoms with van der Waals surface area (Å²) in [6.07, 6.45) is 1.46. The van der Waals surface area contributed by atoms with Crippen LogP contribution in [0.15, 0.2) is 30.5 Å². The van der Waals surface area contributed by atoms with Crippen molar-refractivity contribution >= 4 is 45.9 Å². The molecule has 3 radical (unpaired) electrons. The summed E-state index contributed by atoms with van der Waals surface area (Å²) in [6.45, 7) is 5.61. The van der Waals surface area contributed by atoms with Crippen LogP contribution in [-0.2, 0) is 4.74 Å². The summed E-state index contributed by atoms with van der Waals surface area (Å²) in [5.74, 6) is 0. The number of hydrogen-bond acceptors (Lipinski definition) is 2. The fourth-order valence-corrected chi connectivity index (χ4v) is 2.83. The average molecular weight is 423 g/mol. The number of carbonyl (C=O) groups excluding carboxylic acids is 1. The second-order valence-electron chi connectivity index (χ2n) is 4.90. The van der Waals surface area contributed by atoms with Gasteiger partial charge in [-0.15, -0.1) is 0 Å². The Morgan fingerprint density at radius 2 is 2.00 bits per heavy atom. The monoisotopic (exact) mass is 424 g/mol. The Balaban J connectivity index is 2.43. The molecule has 3 nitrogen and oxygen atoms in total. The van der Waals surface area contributed by atoms with Crippen LogP contribution in [0, 0.1) is 0 Å². The van der Waals surface area contributed by atoms with Gasteiger partial charge in [0.25, 0.3) is 0 Å². The third-order valence-electron chi connectivity index (χ3n) is 2.32. The van der Waals surface area contributed by atoms with Gasteiger partial charge in [-0.05, 0) is 0 Å². The summed E-state index contributed by atoms with van der Waals surface area (Å²) in [6, 6.07) is 7.99. The summed E-state index contributed by atoms with van der Waals surface area (Å²) in [4.78, 5) is 12.0. The van der Waals surface area contributed by atoms with Crippen LogP contribution in [0.1, 0.15) is 20.8 Å². The first-order valence-corrected chi connectivity index (χ1v) is 7.38. The summed E-state index contributed by atoms with van der Waals surface area (Å²) in [5, 5.41) is 1.14. The van der Waals surface area contributed by atoms with Crippen LogP contribution >= 0.6 is 0 Å². The molecule has 1 heterocycles. The number of ether oxygens (including phenoxy) is 1. The van der Waals surface area contributed by atoms with Crippen LogP contribution in [0.5, 0.6) is 0 Å². The standard InChI is InChI=1S/C13H14NO2.Pb/c1-13(2,3)16-12(15)14-9-8-10-6-4-5-7-11(10)14;/h4-5,7-9H,1-3H3;. The van der Waals surface area contributed by atoms with Gasteiger partial charge in [-0.1, -0.05) is 0 Å². The molecule has 1 aromatic carbocycles. The Kier molecular flexibility index (Phi) is 3.29. The van der Waals surface area contributed by atoms with Gasteiger partial charge in [-0.3, -0.25) is 0 Å². The predicted octanol–water partition coefficient (Wildman–Crippen LogP) is 2.22. The Labute approximate surface area is 116 Å². The molecule has 1 aromatic heterocycles. The summed E-state index contributed by atoms with van der Waals surface area (Å²) < 4.78 is 8.23. The van der Waals surface area contributed by atoms with E-state index in [-0.39, 0.29) is 6.09 Å². The van der Waals surface area contributed by atoms with Crippen molar-refractivity contribution in [3.8, 4) is 0 Å². The Morgan fingerprint density at radius 3 is 2.65 bits per heavy atom. The van der Waals surface area contributed by atoms with Crippen LogP contribution in [0.4, 0.5) is 4.79 Å². The molecule has 4 heteroatoms. The topological polar surface area (TPSA) is 31.2 Å². The Morgan fingerprint density at radius 1 is 1.29 bits per heavy atom. The van der Waals surface area contributed by atoms with Crippen molar-refractivity contribution in [3.63, 3.8) is 0 Å². The Bertz CT molecular complexity index is 566. The van der Waals surface area contributed by atoms with E-state index in [4.69, 9.17) is 4.74 Å². The molecule has 0 bridgehead atoms. The van der Waals surface area contributed by atoms with Gasteiger partial charge in [0, 0.05) is 0 Å². The fraction of sp³-hybridized carbons (Fsp3) is 0.308. The minimum atomic E-state index is -0.466. The fourth-order valence-electron chi connectivity index (χ4n) is 1.64. The zero-order valence-corrected chi connectivity index (χ0v) is 14.0. The molecule has 0 aliphatic heterocycles. The molecule has 0 N–H and O–H groups in total. The van der Waals surface area contributed by atoms with E-state index in [1.54, 1.807) is 10.8 Å². The number of aromatic nitrogens is 1. The van der Waals surface area contributed by atoms with E-state index < -0.39 is 5.60 Å². The van der Waals surface area contributed by atoms with Gasteiger partial charge in [0.15, 0.2) is 0 Å². The zero-order valence-electron chi connectivity index (χ0n) is 10.2. The number of nitrogens with zero attached hydrogens (tertiary/aromatic N) is 1. The van der Waals surface area contributed by atoms with Crippen LogP contribution < -0.4 is 3.12 Å². The Hall–Kier alpha value is -0.848. The van der Waals surface area contributed by atoms with Crippen molar-refractivity contribution in [3.05, 3.63) is 30.5 Å². The van der Waals surface area contributed by atoms with Gasteiger partial charge in [-0.25, -0.2) is 0 Å². The van der Waals surface area contributed by atoms with Gasteiger partial charge >= 0.3 is 117 Å². The normalized spacial score (nSPS) is 11.8. The molecule has 2 rings (SSSR count). The van der Waals surface area contributed by atoms with Crippen LogP contribution in [0.2, 0.25) is 0 Å². The van der Waals surface area contributed by atoms with E-state index in [0.717, 1.165) is 36.7 Å². The molecule has 0 saturated carbocycles. The number of rotatable bonds is 0. The molecule has 0 saturated heterocycles. The first-order chi connectivity index (χ1) is 7.88. The quantitative estimate of drug-likeness (QED) is 0.609. The van der Waals surface area contributed by atoms with Crippen LogP contribution in [0.3, 0.4) is 0 Å². The summed E-state index contributed by atoms with van der Waals surface area (Å²) in [7, 11) is 0.